The van der Waals surface area contributed by atoms with Crippen molar-refractivity contribution in [3.63, 3.8) is 0 Å². The fourth-order valence-electron chi connectivity index (χ4n) is 2.26. The molecule has 0 bridgehead atoms. The van der Waals surface area contributed by atoms with Gasteiger partial charge in [0, 0.05) is 12.3 Å². The molecule has 0 spiro atoms. The summed E-state index contributed by atoms with van der Waals surface area (Å²) in [4.78, 5) is 15.9. The SMILES string of the molecule is CSC(Oc1nc2ccccc2cc1Br)C(C)(C)NC(C)=O. The minimum Gasteiger partial charge on any atom is -0.460 e. The Hall–Kier alpha value is -1.27. The Labute approximate surface area is 143 Å². The van der Waals surface area contributed by atoms with Gasteiger partial charge < -0.3 is 10.1 Å². The first-order valence-corrected chi connectivity index (χ1v) is 8.95. The van der Waals surface area contributed by atoms with Gasteiger partial charge in [0.05, 0.1) is 15.5 Å². The monoisotopic (exact) mass is 382 g/mol. The number of benzene rings is 1. The molecule has 1 unspecified atom stereocenters. The molecule has 2 aromatic rings. The second-order valence-electron chi connectivity index (χ2n) is 5.56. The van der Waals surface area contributed by atoms with Crippen molar-refractivity contribution in [1.29, 1.82) is 0 Å². The molecule has 0 saturated carbocycles. The van der Waals surface area contributed by atoms with E-state index < -0.39 is 5.54 Å². The predicted molar refractivity (Wildman–Crippen MR) is 95.3 cm³/mol. The van der Waals surface area contributed by atoms with Crippen LogP contribution < -0.4 is 10.1 Å². The molecular formula is C16H19BrN2O2S. The number of fused-ring (bicyclic) bond motifs is 1. The Morgan fingerprint density at radius 2 is 2.09 bits per heavy atom. The van der Waals surface area contributed by atoms with Crippen LogP contribution in [0.25, 0.3) is 10.9 Å². The summed E-state index contributed by atoms with van der Waals surface area (Å²) in [6, 6.07) is 9.86. The quantitative estimate of drug-likeness (QED) is 0.794. The number of thioether (sulfide) groups is 1. The van der Waals surface area contributed by atoms with E-state index in [1.54, 1.807) is 0 Å². The number of nitrogens with zero attached hydrogens (tertiary/aromatic N) is 1. The van der Waals surface area contributed by atoms with E-state index in [4.69, 9.17) is 4.74 Å². The van der Waals surface area contributed by atoms with Gasteiger partial charge in [-0.2, -0.15) is 0 Å². The predicted octanol–water partition coefficient (Wildman–Crippen LogP) is 3.98. The van der Waals surface area contributed by atoms with Crippen LogP contribution in [0.4, 0.5) is 0 Å². The first-order chi connectivity index (χ1) is 10.3. The Balaban J connectivity index is 2.31. The molecular weight excluding hydrogens is 364 g/mol. The van der Waals surface area contributed by atoms with E-state index in [0.717, 1.165) is 15.4 Å². The number of para-hydroxylation sites is 1. The Morgan fingerprint density at radius 3 is 2.73 bits per heavy atom. The van der Waals surface area contributed by atoms with Crippen molar-refractivity contribution >= 4 is 44.5 Å². The van der Waals surface area contributed by atoms with Crippen molar-refractivity contribution < 1.29 is 9.53 Å². The largest absolute Gasteiger partial charge is 0.460 e. The summed E-state index contributed by atoms with van der Waals surface area (Å²) in [5, 5.41) is 3.96. The minimum absolute atomic E-state index is 0.0850. The zero-order valence-electron chi connectivity index (χ0n) is 13.0. The average molecular weight is 383 g/mol. The van der Waals surface area contributed by atoms with Gasteiger partial charge in [0.1, 0.15) is 0 Å². The van der Waals surface area contributed by atoms with Crippen molar-refractivity contribution in [3.05, 3.63) is 34.8 Å². The molecule has 2 rings (SSSR count). The van der Waals surface area contributed by atoms with Gasteiger partial charge in [0.2, 0.25) is 11.8 Å². The summed E-state index contributed by atoms with van der Waals surface area (Å²) < 4.78 is 6.85. The average Bonchev–Trinajstić information content (AvgIpc) is 2.43. The van der Waals surface area contributed by atoms with Crippen LogP contribution in [-0.2, 0) is 4.79 Å². The maximum atomic E-state index is 11.4. The number of carbonyl (C=O) groups is 1. The summed E-state index contributed by atoms with van der Waals surface area (Å²) in [5.41, 5.74) is 0.0946. The van der Waals surface area contributed by atoms with Crippen LogP contribution in [0.3, 0.4) is 0 Å². The number of carbonyl (C=O) groups excluding carboxylic acids is 1. The highest BCUT2D eigenvalue weighted by molar-refractivity contribution is 9.10. The molecule has 0 aliphatic rings. The van der Waals surface area contributed by atoms with Gasteiger partial charge in [-0.3, -0.25) is 4.79 Å². The summed E-state index contributed by atoms with van der Waals surface area (Å²) in [5.74, 6) is 0.440. The molecule has 1 N–H and O–H groups in total. The standard InChI is InChI=1S/C16H19BrN2O2S/c1-10(20)19-16(2,3)15(22-4)21-14-12(17)9-11-7-5-6-8-13(11)18-14/h5-9,15H,1-4H3,(H,19,20). The number of halogens is 1. The lowest BCUT2D eigenvalue weighted by atomic mass is 10.1. The summed E-state index contributed by atoms with van der Waals surface area (Å²) >= 11 is 5.04. The first-order valence-electron chi connectivity index (χ1n) is 6.87. The van der Waals surface area contributed by atoms with Crippen molar-refractivity contribution in [2.24, 2.45) is 0 Å². The maximum absolute atomic E-state index is 11.4. The smallest absolute Gasteiger partial charge is 0.229 e. The minimum atomic E-state index is -0.516. The number of ether oxygens (including phenoxy) is 1. The lowest BCUT2D eigenvalue weighted by Crippen LogP contribution is -2.52. The van der Waals surface area contributed by atoms with Crippen LogP contribution in [0.5, 0.6) is 5.88 Å². The van der Waals surface area contributed by atoms with E-state index in [9.17, 15) is 4.79 Å². The van der Waals surface area contributed by atoms with E-state index >= 15 is 0 Å². The van der Waals surface area contributed by atoms with Crippen molar-refractivity contribution in [2.75, 3.05) is 6.26 Å². The second-order valence-corrected chi connectivity index (χ2v) is 7.31. The highest BCUT2D eigenvalue weighted by Gasteiger charge is 2.32. The van der Waals surface area contributed by atoms with Crippen LogP contribution in [0.15, 0.2) is 34.8 Å². The molecule has 1 amide bonds. The topological polar surface area (TPSA) is 51.2 Å². The molecule has 0 radical (unpaired) electrons. The molecule has 1 aromatic heterocycles. The lowest BCUT2D eigenvalue weighted by molar-refractivity contribution is -0.121. The molecule has 0 saturated heterocycles. The maximum Gasteiger partial charge on any atom is 0.229 e. The van der Waals surface area contributed by atoms with Crippen LogP contribution in [-0.4, -0.2) is 28.1 Å². The van der Waals surface area contributed by atoms with Crippen molar-refractivity contribution in [2.45, 2.75) is 31.7 Å². The third-order valence-corrected chi connectivity index (χ3v) is 4.85. The molecule has 1 atom stereocenters. The molecule has 0 aliphatic heterocycles. The first kappa shape index (κ1) is 17.1. The van der Waals surface area contributed by atoms with E-state index in [-0.39, 0.29) is 11.3 Å². The number of pyridine rings is 1. The van der Waals surface area contributed by atoms with Gasteiger partial charge in [0.15, 0.2) is 5.44 Å². The highest BCUT2D eigenvalue weighted by Crippen LogP contribution is 2.31. The molecule has 0 aliphatic carbocycles. The molecule has 1 heterocycles. The van der Waals surface area contributed by atoms with Crippen LogP contribution >= 0.6 is 27.7 Å². The second kappa shape index (κ2) is 6.87. The molecule has 22 heavy (non-hydrogen) atoms. The third-order valence-electron chi connectivity index (χ3n) is 3.17. The van der Waals surface area contributed by atoms with E-state index in [2.05, 4.69) is 26.2 Å². The van der Waals surface area contributed by atoms with E-state index in [1.165, 1.54) is 18.7 Å². The number of hydrogen-bond acceptors (Lipinski definition) is 4. The zero-order chi connectivity index (χ0) is 16.3. The molecule has 6 heteroatoms. The Bertz CT molecular complexity index is 691. The van der Waals surface area contributed by atoms with Crippen molar-refractivity contribution in [3.8, 4) is 5.88 Å². The van der Waals surface area contributed by atoms with E-state index in [0.29, 0.717) is 5.88 Å². The van der Waals surface area contributed by atoms with Gasteiger partial charge in [-0.1, -0.05) is 18.2 Å². The van der Waals surface area contributed by atoms with Gasteiger partial charge >= 0.3 is 0 Å². The molecule has 0 fully saturated rings. The molecule has 1 aromatic carbocycles. The normalized spacial score (nSPS) is 13.0. The summed E-state index contributed by atoms with van der Waals surface area (Å²) in [6.07, 6.45) is 1.95. The number of aromatic nitrogens is 1. The van der Waals surface area contributed by atoms with Crippen LogP contribution in [0.2, 0.25) is 0 Å². The summed E-state index contributed by atoms with van der Waals surface area (Å²) in [7, 11) is 0. The lowest BCUT2D eigenvalue weighted by Gasteiger charge is -2.33. The Morgan fingerprint density at radius 1 is 1.41 bits per heavy atom. The fraction of sp³-hybridized carbons (Fsp3) is 0.375. The Kier molecular flexibility index (Phi) is 5.34. The van der Waals surface area contributed by atoms with Crippen LogP contribution in [0.1, 0.15) is 20.8 Å². The number of rotatable bonds is 5. The fourth-order valence-corrected chi connectivity index (χ4v) is 3.52. The number of amides is 1. The summed E-state index contributed by atoms with van der Waals surface area (Å²) in [6.45, 7) is 5.37. The van der Waals surface area contributed by atoms with Gasteiger partial charge in [-0.25, -0.2) is 4.98 Å². The molecule has 4 nitrogen and oxygen atoms in total. The zero-order valence-corrected chi connectivity index (χ0v) is 15.4. The van der Waals surface area contributed by atoms with Gasteiger partial charge in [-0.15, -0.1) is 11.8 Å². The number of hydrogen-bond donors (Lipinski definition) is 1. The number of nitrogens with one attached hydrogen (secondary N) is 1. The molecule has 118 valence electrons. The van der Waals surface area contributed by atoms with E-state index in [1.807, 2.05) is 50.4 Å². The van der Waals surface area contributed by atoms with Gasteiger partial charge in [-0.05, 0) is 48.2 Å². The van der Waals surface area contributed by atoms with Gasteiger partial charge in [0.25, 0.3) is 0 Å². The van der Waals surface area contributed by atoms with Crippen LogP contribution in [0, 0.1) is 0 Å². The highest BCUT2D eigenvalue weighted by atomic mass is 79.9. The van der Waals surface area contributed by atoms with Crippen molar-refractivity contribution in [1.82, 2.24) is 10.3 Å². The third kappa shape index (κ3) is 3.93.